The van der Waals surface area contributed by atoms with Crippen LogP contribution in [0.25, 0.3) is 4.96 Å². The van der Waals surface area contributed by atoms with Crippen LogP contribution in [0.15, 0.2) is 34.6 Å². The molecule has 1 aliphatic heterocycles. The zero-order valence-electron chi connectivity index (χ0n) is 14.3. The molecule has 0 radical (unpaired) electrons. The second-order valence-corrected chi connectivity index (χ2v) is 6.91. The lowest BCUT2D eigenvalue weighted by atomic mass is 10.1. The van der Waals surface area contributed by atoms with Gasteiger partial charge in [-0.25, -0.2) is 4.98 Å². The summed E-state index contributed by atoms with van der Waals surface area (Å²) < 4.78 is 12.5. The highest BCUT2D eigenvalue weighted by Crippen LogP contribution is 2.32. The van der Waals surface area contributed by atoms with Crippen molar-refractivity contribution in [2.45, 2.75) is 19.9 Å². The van der Waals surface area contributed by atoms with Crippen molar-refractivity contribution in [2.24, 2.45) is 0 Å². The van der Waals surface area contributed by atoms with Crippen molar-refractivity contribution >= 4 is 22.2 Å². The van der Waals surface area contributed by atoms with Crippen LogP contribution in [0.2, 0.25) is 0 Å². The van der Waals surface area contributed by atoms with E-state index in [0.717, 1.165) is 11.3 Å². The van der Waals surface area contributed by atoms with Crippen LogP contribution < -0.4 is 20.3 Å². The molecule has 1 atom stereocenters. The third-order valence-electron chi connectivity index (χ3n) is 4.27. The standard InChI is InChI=1S/C18H17N3O4S/c1-10-9-26-18-19-8-13(17(23)21(10)18)16(22)20-11(2)12-3-4-14-15(7-12)25-6-5-24-14/h3-4,7-9,11H,5-6H2,1-2H3,(H,20,22). The van der Waals surface area contributed by atoms with Crippen molar-refractivity contribution in [1.29, 1.82) is 0 Å². The van der Waals surface area contributed by atoms with Gasteiger partial charge in [0.1, 0.15) is 18.8 Å². The maximum absolute atomic E-state index is 12.6. The normalized spacial score (nSPS) is 14.2. The number of ether oxygens (including phenoxy) is 2. The quantitative estimate of drug-likeness (QED) is 0.764. The summed E-state index contributed by atoms with van der Waals surface area (Å²) in [5.41, 5.74) is 1.29. The highest BCUT2D eigenvalue weighted by molar-refractivity contribution is 7.15. The lowest BCUT2D eigenvalue weighted by Crippen LogP contribution is -2.33. The molecule has 0 fully saturated rings. The van der Waals surface area contributed by atoms with Gasteiger partial charge in [0.25, 0.3) is 11.5 Å². The molecule has 0 aliphatic carbocycles. The van der Waals surface area contributed by atoms with E-state index < -0.39 is 5.91 Å². The van der Waals surface area contributed by atoms with Crippen LogP contribution >= 0.6 is 11.3 Å². The van der Waals surface area contributed by atoms with Crippen LogP contribution in [-0.4, -0.2) is 28.5 Å². The summed E-state index contributed by atoms with van der Waals surface area (Å²) in [7, 11) is 0. The van der Waals surface area contributed by atoms with Crippen LogP contribution in [0.3, 0.4) is 0 Å². The number of fused-ring (bicyclic) bond motifs is 2. The van der Waals surface area contributed by atoms with E-state index in [1.807, 2.05) is 37.4 Å². The van der Waals surface area contributed by atoms with Gasteiger partial charge < -0.3 is 14.8 Å². The summed E-state index contributed by atoms with van der Waals surface area (Å²) in [5, 5.41) is 4.69. The van der Waals surface area contributed by atoms with Gasteiger partial charge in [-0.2, -0.15) is 0 Å². The third kappa shape index (κ3) is 2.82. The third-order valence-corrected chi connectivity index (χ3v) is 5.23. The van der Waals surface area contributed by atoms with Crippen molar-refractivity contribution in [2.75, 3.05) is 13.2 Å². The van der Waals surface area contributed by atoms with Crippen LogP contribution in [-0.2, 0) is 0 Å². The van der Waals surface area contributed by atoms with Gasteiger partial charge >= 0.3 is 0 Å². The molecule has 0 spiro atoms. The number of aryl methyl sites for hydroxylation is 1. The molecule has 0 saturated carbocycles. The highest BCUT2D eigenvalue weighted by atomic mass is 32.1. The average Bonchev–Trinajstić information content (AvgIpc) is 3.03. The summed E-state index contributed by atoms with van der Waals surface area (Å²) in [4.78, 5) is 30.0. The first kappa shape index (κ1) is 16.6. The Hall–Kier alpha value is -2.87. The first-order chi connectivity index (χ1) is 12.5. The number of aromatic nitrogens is 2. The van der Waals surface area contributed by atoms with E-state index in [1.54, 1.807) is 0 Å². The number of benzene rings is 1. The molecular formula is C18H17N3O4S. The summed E-state index contributed by atoms with van der Waals surface area (Å²) in [6.07, 6.45) is 1.33. The largest absolute Gasteiger partial charge is 0.486 e. The van der Waals surface area contributed by atoms with E-state index in [1.165, 1.54) is 21.9 Å². The number of nitrogens with one attached hydrogen (secondary N) is 1. The fraction of sp³-hybridized carbons (Fsp3) is 0.278. The van der Waals surface area contributed by atoms with Gasteiger partial charge in [-0.3, -0.25) is 14.0 Å². The Morgan fingerprint density at radius 2 is 2.08 bits per heavy atom. The minimum atomic E-state index is -0.454. The molecule has 26 heavy (non-hydrogen) atoms. The van der Waals surface area contributed by atoms with Crippen molar-refractivity contribution in [3.8, 4) is 11.5 Å². The monoisotopic (exact) mass is 371 g/mol. The molecule has 1 aromatic carbocycles. The molecule has 4 rings (SSSR count). The van der Waals surface area contributed by atoms with E-state index in [4.69, 9.17) is 9.47 Å². The Bertz CT molecular complexity index is 1060. The molecule has 1 amide bonds. The Labute approximate surface area is 153 Å². The first-order valence-corrected chi connectivity index (χ1v) is 9.09. The number of rotatable bonds is 3. The molecule has 0 saturated heterocycles. The van der Waals surface area contributed by atoms with Gasteiger partial charge in [0.05, 0.1) is 6.04 Å². The van der Waals surface area contributed by atoms with E-state index >= 15 is 0 Å². The molecule has 1 aliphatic rings. The van der Waals surface area contributed by atoms with Gasteiger partial charge in [0.15, 0.2) is 16.5 Å². The number of carbonyl (C=O) groups excluding carboxylic acids is 1. The fourth-order valence-corrected chi connectivity index (χ4v) is 3.69. The summed E-state index contributed by atoms with van der Waals surface area (Å²) in [6, 6.07) is 5.23. The van der Waals surface area contributed by atoms with Crippen LogP contribution in [0.4, 0.5) is 0 Å². The van der Waals surface area contributed by atoms with Crippen molar-refractivity contribution < 1.29 is 14.3 Å². The van der Waals surface area contributed by atoms with Crippen LogP contribution in [0.1, 0.15) is 34.6 Å². The molecule has 8 heteroatoms. The van der Waals surface area contributed by atoms with Crippen LogP contribution in [0, 0.1) is 6.92 Å². The average molecular weight is 371 g/mol. The van der Waals surface area contributed by atoms with Gasteiger partial charge in [-0.05, 0) is 31.5 Å². The topological polar surface area (TPSA) is 81.9 Å². The smallest absolute Gasteiger partial charge is 0.271 e. The summed E-state index contributed by atoms with van der Waals surface area (Å²) >= 11 is 1.37. The molecule has 2 aromatic heterocycles. The lowest BCUT2D eigenvalue weighted by molar-refractivity contribution is 0.0937. The Kier molecular flexibility index (Phi) is 4.12. The fourth-order valence-electron chi connectivity index (χ4n) is 2.87. The van der Waals surface area contributed by atoms with E-state index in [-0.39, 0.29) is 17.2 Å². The minimum absolute atomic E-state index is 0.0217. The zero-order chi connectivity index (χ0) is 18.3. The van der Waals surface area contributed by atoms with Crippen molar-refractivity contribution in [1.82, 2.24) is 14.7 Å². The second kappa shape index (κ2) is 6.45. The number of hydrogen-bond donors (Lipinski definition) is 1. The highest BCUT2D eigenvalue weighted by Gasteiger charge is 2.19. The summed E-state index contributed by atoms with van der Waals surface area (Å²) in [5.74, 6) is 0.899. The minimum Gasteiger partial charge on any atom is -0.486 e. The Morgan fingerprint density at radius 1 is 1.31 bits per heavy atom. The van der Waals surface area contributed by atoms with Crippen molar-refractivity contribution in [3.05, 3.63) is 57.0 Å². The van der Waals surface area contributed by atoms with E-state index in [9.17, 15) is 9.59 Å². The Morgan fingerprint density at radius 3 is 2.88 bits per heavy atom. The predicted octanol–water partition coefficient (Wildman–Crippen LogP) is 2.33. The molecule has 1 N–H and O–H groups in total. The first-order valence-electron chi connectivity index (χ1n) is 8.21. The van der Waals surface area contributed by atoms with Crippen LogP contribution in [0.5, 0.6) is 11.5 Å². The van der Waals surface area contributed by atoms with E-state index in [0.29, 0.717) is 29.7 Å². The molecule has 7 nitrogen and oxygen atoms in total. The molecule has 3 aromatic rings. The predicted molar refractivity (Wildman–Crippen MR) is 97.4 cm³/mol. The maximum atomic E-state index is 12.6. The maximum Gasteiger partial charge on any atom is 0.271 e. The lowest BCUT2D eigenvalue weighted by Gasteiger charge is -2.21. The number of amides is 1. The van der Waals surface area contributed by atoms with Crippen molar-refractivity contribution in [3.63, 3.8) is 0 Å². The number of nitrogens with zero attached hydrogens (tertiary/aromatic N) is 2. The Balaban J connectivity index is 1.59. The number of hydrogen-bond acceptors (Lipinski definition) is 6. The van der Waals surface area contributed by atoms with Gasteiger partial charge in [0, 0.05) is 17.3 Å². The zero-order valence-corrected chi connectivity index (χ0v) is 15.1. The molecular weight excluding hydrogens is 354 g/mol. The number of carbonyl (C=O) groups is 1. The second-order valence-electron chi connectivity index (χ2n) is 6.07. The molecule has 1 unspecified atom stereocenters. The molecule has 3 heterocycles. The van der Waals surface area contributed by atoms with Gasteiger partial charge in [-0.1, -0.05) is 6.07 Å². The molecule has 134 valence electrons. The SMILES string of the molecule is Cc1csc2ncc(C(=O)NC(C)c3ccc4c(c3)OCCO4)c(=O)n12. The van der Waals surface area contributed by atoms with Gasteiger partial charge in [0.2, 0.25) is 0 Å². The number of thiazole rings is 1. The molecule has 0 bridgehead atoms. The van der Waals surface area contributed by atoms with Gasteiger partial charge in [-0.15, -0.1) is 11.3 Å². The summed E-state index contributed by atoms with van der Waals surface area (Å²) in [6.45, 7) is 4.69. The van der Waals surface area contributed by atoms with E-state index in [2.05, 4.69) is 10.3 Å².